The van der Waals surface area contributed by atoms with Crippen molar-refractivity contribution in [2.75, 3.05) is 0 Å². The molecule has 1 unspecified atom stereocenters. The van der Waals surface area contributed by atoms with Crippen molar-refractivity contribution in [3.8, 4) is 5.75 Å². The number of carbonyl (C=O) groups is 1. The van der Waals surface area contributed by atoms with Gasteiger partial charge in [-0.05, 0) is 37.6 Å². The summed E-state index contributed by atoms with van der Waals surface area (Å²) >= 11 is 0. The number of rotatable bonds is 3. The Kier molecular flexibility index (Phi) is 3.57. The molecule has 0 radical (unpaired) electrons. The summed E-state index contributed by atoms with van der Waals surface area (Å²) in [7, 11) is 0. The lowest BCUT2D eigenvalue weighted by Gasteiger charge is -2.18. The second-order valence-corrected chi connectivity index (χ2v) is 3.44. The molecule has 0 saturated carbocycles. The standard InChI is InChI=1S/C11H11F3O2/c1-7-5-9(6-15)3-4-10(7)16-8(2)11(12,13)14/h3-6,8H,1-2H3. The maximum absolute atomic E-state index is 12.2. The number of aryl methyl sites for hydroxylation is 1. The molecule has 0 fully saturated rings. The molecule has 0 heterocycles. The van der Waals surface area contributed by atoms with E-state index in [1.54, 1.807) is 6.92 Å². The highest BCUT2D eigenvalue weighted by molar-refractivity contribution is 5.75. The first-order chi connectivity index (χ1) is 7.34. The van der Waals surface area contributed by atoms with E-state index in [2.05, 4.69) is 0 Å². The zero-order valence-electron chi connectivity index (χ0n) is 8.84. The fourth-order valence-electron chi connectivity index (χ4n) is 1.14. The summed E-state index contributed by atoms with van der Waals surface area (Å²) in [6.45, 7) is 2.53. The summed E-state index contributed by atoms with van der Waals surface area (Å²) in [5.74, 6) is 0.135. The fourth-order valence-corrected chi connectivity index (χ4v) is 1.14. The average molecular weight is 232 g/mol. The van der Waals surface area contributed by atoms with Gasteiger partial charge in [-0.15, -0.1) is 0 Å². The van der Waals surface area contributed by atoms with E-state index >= 15 is 0 Å². The van der Waals surface area contributed by atoms with Crippen LogP contribution in [0.25, 0.3) is 0 Å². The Morgan fingerprint density at radius 1 is 1.38 bits per heavy atom. The molecule has 16 heavy (non-hydrogen) atoms. The molecular weight excluding hydrogens is 221 g/mol. The normalized spacial score (nSPS) is 13.3. The van der Waals surface area contributed by atoms with E-state index < -0.39 is 12.3 Å². The second-order valence-electron chi connectivity index (χ2n) is 3.44. The smallest absolute Gasteiger partial charge is 0.425 e. The van der Waals surface area contributed by atoms with Crippen LogP contribution in [0, 0.1) is 6.92 Å². The molecule has 1 atom stereocenters. The highest BCUT2D eigenvalue weighted by Crippen LogP contribution is 2.27. The van der Waals surface area contributed by atoms with Crippen LogP contribution in [-0.4, -0.2) is 18.6 Å². The molecular formula is C11H11F3O2. The van der Waals surface area contributed by atoms with Crippen molar-refractivity contribution in [2.45, 2.75) is 26.1 Å². The minimum Gasteiger partial charge on any atom is -0.481 e. The van der Waals surface area contributed by atoms with E-state index in [1.165, 1.54) is 18.2 Å². The van der Waals surface area contributed by atoms with Crippen LogP contribution >= 0.6 is 0 Å². The monoisotopic (exact) mass is 232 g/mol. The van der Waals surface area contributed by atoms with Gasteiger partial charge in [0.25, 0.3) is 0 Å². The lowest BCUT2D eigenvalue weighted by atomic mass is 10.1. The highest BCUT2D eigenvalue weighted by Gasteiger charge is 2.38. The molecule has 0 amide bonds. The number of aldehydes is 1. The van der Waals surface area contributed by atoms with Crippen molar-refractivity contribution < 1.29 is 22.7 Å². The number of alkyl halides is 3. The summed E-state index contributed by atoms with van der Waals surface area (Å²) in [4.78, 5) is 10.4. The van der Waals surface area contributed by atoms with E-state index in [0.717, 1.165) is 6.92 Å². The van der Waals surface area contributed by atoms with Crippen molar-refractivity contribution in [3.63, 3.8) is 0 Å². The Hall–Kier alpha value is -1.52. The molecule has 1 aromatic rings. The molecule has 1 aromatic carbocycles. The molecule has 0 N–H and O–H groups in total. The molecule has 1 rings (SSSR count). The molecule has 0 saturated heterocycles. The molecule has 0 spiro atoms. The van der Waals surface area contributed by atoms with Crippen molar-refractivity contribution in [1.29, 1.82) is 0 Å². The van der Waals surface area contributed by atoms with E-state index in [4.69, 9.17) is 4.74 Å². The van der Waals surface area contributed by atoms with Crippen LogP contribution in [0.15, 0.2) is 18.2 Å². The molecule has 0 aromatic heterocycles. The zero-order chi connectivity index (χ0) is 12.3. The maximum Gasteiger partial charge on any atom is 0.425 e. The van der Waals surface area contributed by atoms with Gasteiger partial charge in [-0.1, -0.05) is 0 Å². The van der Waals surface area contributed by atoms with Crippen molar-refractivity contribution in [1.82, 2.24) is 0 Å². The largest absolute Gasteiger partial charge is 0.481 e. The van der Waals surface area contributed by atoms with Crippen LogP contribution in [0.3, 0.4) is 0 Å². The summed E-state index contributed by atoms with van der Waals surface area (Å²) in [6.07, 6.45) is -5.63. The second kappa shape index (κ2) is 4.55. The molecule has 2 nitrogen and oxygen atoms in total. The van der Waals surface area contributed by atoms with Gasteiger partial charge in [0.1, 0.15) is 12.0 Å². The summed E-state index contributed by atoms with van der Waals surface area (Å²) in [6, 6.07) is 4.26. The molecule has 88 valence electrons. The SMILES string of the molecule is Cc1cc(C=O)ccc1OC(C)C(F)(F)F. The van der Waals surface area contributed by atoms with Crippen molar-refractivity contribution >= 4 is 6.29 Å². The van der Waals surface area contributed by atoms with Gasteiger partial charge < -0.3 is 4.74 Å². The topological polar surface area (TPSA) is 26.3 Å². The van der Waals surface area contributed by atoms with Gasteiger partial charge in [-0.3, -0.25) is 4.79 Å². The minimum absolute atomic E-state index is 0.135. The van der Waals surface area contributed by atoms with Crippen LogP contribution in [0.2, 0.25) is 0 Å². The van der Waals surface area contributed by atoms with Gasteiger partial charge in [0.2, 0.25) is 0 Å². The molecule has 5 heteroatoms. The number of ether oxygens (including phenoxy) is 1. The predicted molar refractivity (Wildman–Crippen MR) is 52.7 cm³/mol. The Morgan fingerprint density at radius 2 is 2.00 bits per heavy atom. The fraction of sp³-hybridized carbons (Fsp3) is 0.364. The molecule has 0 aliphatic carbocycles. The number of carbonyl (C=O) groups excluding carboxylic acids is 1. The van der Waals surface area contributed by atoms with Gasteiger partial charge in [0.05, 0.1) is 0 Å². The van der Waals surface area contributed by atoms with E-state index in [9.17, 15) is 18.0 Å². The number of hydrogen-bond acceptors (Lipinski definition) is 2. The van der Waals surface area contributed by atoms with Crippen LogP contribution in [0.5, 0.6) is 5.75 Å². The number of halogens is 3. The quantitative estimate of drug-likeness (QED) is 0.748. The Balaban J connectivity index is 2.86. The van der Waals surface area contributed by atoms with Gasteiger partial charge in [-0.25, -0.2) is 0 Å². The zero-order valence-corrected chi connectivity index (χ0v) is 8.84. The Morgan fingerprint density at radius 3 is 2.44 bits per heavy atom. The third-order valence-corrected chi connectivity index (χ3v) is 2.10. The molecule has 0 aliphatic rings. The average Bonchev–Trinajstić information content (AvgIpc) is 2.19. The third-order valence-electron chi connectivity index (χ3n) is 2.10. The van der Waals surface area contributed by atoms with Crippen LogP contribution in [-0.2, 0) is 0 Å². The third kappa shape index (κ3) is 2.98. The van der Waals surface area contributed by atoms with E-state index in [1.807, 2.05) is 0 Å². The lowest BCUT2D eigenvalue weighted by molar-refractivity contribution is -0.189. The summed E-state index contributed by atoms with van der Waals surface area (Å²) < 4.78 is 41.5. The van der Waals surface area contributed by atoms with E-state index in [-0.39, 0.29) is 5.75 Å². The Bertz CT molecular complexity index is 385. The van der Waals surface area contributed by atoms with Gasteiger partial charge in [0.15, 0.2) is 6.10 Å². The Labute approximate surface area is 91.0 Å². The van der Waals surface area contributed by atoms with Crippen molar-refractivity contribution in [3.05, 3.63) is 29.3 Å². The molecule has 0 bridgehead atoms. The first-order valence-corrected chi connectivity index (χ1v) is 4.64. The van der Waals surface area contributed by atoms with Gasteiger partial charge in [-0.2, -0.15) is 13.2 Å². The van der Waals surface area contributed by atoms with Gasteiger partial charge >= 0.3 is 6.18 Å². The number of benzene rings is 1. The summed E-state index contributed by atoms with van der Waals surface area (Å²) in [5.41, 5.74) is 0.908. The van der Waals surface area contributed by atoms with E-state index in [0.29, 0.717) is 17.4 Å². The minimum atomic E-state index is -4.39. The first-order valence-electron chi connectivity index (χ1n) is 4.64. The number of hydrogen-bond donors (Lipinski definition) is 0. The van der Waals surface area contributed by atoms with Crippen LogP contribution in [0.1, 0.15) is 22.8 Å². The summed E-state index contributed by atoms with van der Waals surface area (Å²) in [5, 5.41) is 0. The van der Waals surface area contributed by atoms with Crippen LogP contribution < -0.4 is 4.74 Å². The first kappa shape index (κ1) is 12.5. The van der Waals surface area contributed by atoms with Crippen molar-refractivity contribution in [2.24, 2.45) is 0 Å². The highest BCUT2D eigenvalue weighted by atomic mass is 19.4. The molecule has 0 aliphatic heterocycles. The predicted octanol–water partition coefficient (Wildman–Crippen LogP) is 3.14. The maximum atomic E-state index is 12.2. The van der Waals surface area contributed by atoms with Crippen LogP contribution in [0.4, 0.5) is 13.2 Å². The van der Waals surface area contributed by atoms with Gasteiger partial charge in [0, 0.05) is 5.56 Å². The lowest BCUT2D eigenvalue weighted by Crippen LogP contribution is -2.31.